The van der Waals surface area contributed by atoms with Crippen LogP contribution in [0.4, 0.5) is 25.8 Å². The summed E-state index contributed by atoms with van der Waals surface area (Å²) < 4.78 is 31.3. The van der Waals surface area contributed by atoms with Crippen LogP contribution in [0, 0.1) is 21.7 Å². The maximum absolute atomic E-state index is 13.5. The van der Waals surface area contributed by atoms with Gasteiger partial charge < -0.3 is 15.4 Å². The first-order valence-corrected chi connectivity index (χ1v) is 6.72. The molecule has 1 amide bonds. The number of carbonyl (C=O) groups is 1. The van der Waals surface area contributed by atoms with Crippen molar-refractivity contribution in [2.24, 2.45) is 0 Å². The number of nitrogens with one attached hydrogen (secondary N) is 2. The zero-order valence-corrected chi connectivity index (χ0v) is 12.5. The Balaban J connectivity index is 2.05. The van der Waals surface area contributed by atoms with E-state index in [1.165, 1.54) is 25.3 Å². The molecule has 0 bridgehead atoms. The van der Waals surface area contributed by atoms with Crippen LogP contribution in [-0.2, 0) is 4.79 Å². The molecule has 0 unspecified atom stereocenters. The summed E-state index contributed by atoms with van der Waals surface area (Å²) in [4.78, 5) is 22.0. The Hall–Kier alpha value is -3.23. The van der Waals surface area contributed by atoms with Gasteiger partial charge in [0.2, 0.25) is 5.91 Å². The number of halogens is 2. The largest absolute Gasteiger partial charge is 0.495 e. The Morgan fingerprint density at radius 3 is 2.58 bits per heavy atom. The van der Waals surface area contributed by atoms with Crippen molar-refractivity contribution >= 4 is 23.0 Å². The average molecular weight is 337 g/mol. The molecule has 0 radical (unpaired) electrons. The number of benzene rings is 2. The molecule has 2 aromatic carbocycles. The normalized spacial score (nSPS) is 10.1. The van der Waals surface area contributed by atoms with Crippen LogP contribution < -0.4 is 15.4 Å². The molecule has 126 valence electrons. The fraction of sp³-hybridized carbons (Fsp3) is 0.133. The van der Waals surface area contributed by atoms with Crippen LogP contribution in [0.1, 0.15) is 0 Å². The molecule has 0 spiro atoms. The molecular formula is C15H13F2N3O4. The summed E-state index contributed by atoms with van der Waals surface area (Å²) in [5, 5.41) is 15.7. The van der Waals surface area contributed by atoms with Gasteiger partial charge in [0.1, 0.15) is 17.4 Å². The zero-order chi connectivity index (χ0) is 17.7. The highest BCUT2D eigenvalue weighted by Crippen LogP contribution is 2.28. The van der Waals surface area contributed by atoms with E-state index < -0.39 is 22.5 Å². The van der Waals surface area contributed by atoms with Crippen molar-refractivity contribution in [2.45, 2.75) is 0 Å². The maximum atomic E-state index is 13.5. The molecule has 2 N–H and O–H groups in total. The van der Waals surface area contributed by atoms with Gasteiger partial charge in [0, 0.05) is 18.2 Å². The summed E-state index contributed by atoms with van der Waals surface area (Å²) in [7, 11) is 1.38. The van der Waals surface area contributed by atoms with E-state index in [1.54, 1.807) is 0 Å². The number of hydrogen-bond donors (Lipinski definition) is 2. The van der Waals surface area contributed by atoms with Gasteiger partial charge in [-0.05, 0) is 18.2 Å². The Bertz CT molecular complexity index is 783. The van der Waals surface area contributed by atoms with Gasteiger partial charge in [-0.3, -0.25) is 14.9 Å². The first-order chi connectivity index (χ1) is 11.4. The van der Waals surface area contributed by atoms with Gasteiger partial charge in [-0.1, -0.05) is 0 Å². The first kappa shape index (κ1) is 17.1. The molecule has 7 nitrogen and oxygen atoms in total. The third-order valence-electron chi connectivity index (χ3n) is 3.04. The van der Waals surface area contributed by atoms with Crippen LogP contribution in [-0.4, -0.2) is 24.5 Å². The van der Waals surface area contributed by atoms with Crippen LogP contribution in [0.5, 0.6) is 5.75 Å². The second-order valence-corrected chi connectivity index (χ2v) is 4.67. The third-order valence-corrected chi connectivity index (χ3v) is 3.04. The van der Waals surface area contributed by atoms with Crippen molar-refractivity contribution in [1.82, 2.24) is 0 Å². The van der Waals surface area contributed by atoms with Crippen molar-refractivity contribution in [3.05, 3.63) is 58.1 Å². The SMILES string of the molecule is COc1ccc([N+](=O)[O-])cc1NCC(=O)Nc1ccc(F)cc1F. The minimum atomic E-state index is -0.906. The van der Waals surface area contributed by atoms with Crippen molar-refractivity contribution in [1.29, 1.82) is 0 Å². The zero-order valence-electron chi connectivity index (χ0n) is 12.5. The Morgan fingerprint density at radius 1 is 1.21 bits per heavy atom. The van der Waals surface area contributed by atoms with E-state index in [0.717, 1.165) is 12.1 Å². The third kappa shape index (κ3) is 4.15. The maximum Gasteiger partial charge on any atom is 0.271 e. The van der Waals surface area contributed by atoms with Crippen LogP contribution in [0.25, 0.3) is 0 Å². The van der Waals surface area contributed by atoms with E-state index in [2.05, 4.69) is 10.6 Å². The lowest BCUT2D eigenvalue weighted by atomic mass is 10.2. The molecule has 2 aromatic rings. The molecule has 0 saturated carbocycles. The van der Waals surface area contributed by atoms with E-state index in [9.17, 15) is 23.7 Å². The molecule has 2 rings (SSSR count). The molecule has 0 aliphatic heterocycles. The lowest BCUT2D eigenvalue weighted by Crippen LogP contribution is -2.22. The summed E-state index contributed by atoms with van der Waals surface area (Å²) in [6.45, 7) is -0.297. The highest BCUT2D eigenvalue weighted by atomic mass is 19.1. The molecule has 0 aliphatic rings. The monoisotopic (exact) mass is 337 g/mol. The van der Waals surface area contributed by atoms with Gasteiger partial charge >= 0.3 is 0 Å². The smallest absolute Gasteiger partial charge is 0.271 e. The lowest BCUT2D eigenvalue weighted by Gasteiger charge is -2.11. The second kappa shape index (κ2) is 7.36. The number of nitro benzene ring substituents is 1. The molecule has 0 aliphatic carbocycles. The predicted molar refractivity (Wildman–Crippen MR) is 83.1 cm³/mol. The number of amides is 1. The summed E-state index contributed by atoms with van der Waals surface area (Å²) in [6, 6.07) is 6.61. The fourth-order valence-electron chi connectivity index (χ4n) is 1.91. The molecule has 0 aromatic heterocycles. The van der Waals surface area contributed by atoms with Crippen LogP contribution in [0.2, 0.25) is 0 Å². The van der Waals surface area contributed by atoms with Gasteiger partial charge in [-0.2, -0.15) is 0 Å². The molecule has 0 atom stereocenters. The average Bonchev–Trinajstić information content (AvgIpc) is 2.55. The number of anilines is 2. The van der Waals surface area contributed by atoms with Crippen molar-refractivity contribution in [3.8, 4) is 5.75 Å². The Kier molecular flexibility index (Phi) is 5.25. The highest BCUT2D eigenvalue weighted by molar-refractivity contribution is 5.94. The topological polar surface area (TPSA) is 93.5 Å². The van der Waals surface area contributed by atoms with Crippen LogP contribution >= 0.6 is 0 Å². The Morgan fingerprint density at radius 2 is 1.96 bits per heavy atom. The summed E-state index contributed by atoms with van der Waals surface area (Å²) in [6.07, 6.45) is 0. The van der Waals surface area contributed by atoms with Gasteiger partial charge in [0.15, 0.2) is 0 Å². The standard InChI is InChI=1S/C15H13F2N3O4/c1-24-14-5-3-10(20(22)23)7-13(14)18-8-15(21)19-12-4-2-9(16)6-11(12)17/h2-7,18H,8H2,1H3,(H,19,21). The minimum Gasteiger partial charge on any atom is -0.495 e. The summed E-state index contributed by atoms with van der Waals surface area (Å²) in [5.41, 5.74) is -0.112. The highest BCUT2D eigenvalue weighted by Gasteiger charge is 2.13. The van der Waals surface area contributed by atoms with Crippen molar-refractivity contribution in [2.75, 3.05) is 24.3 Å². The number of non-ortho nitro benzene ring substituents is 1. The van der Waals surface area contributed by atoms with Gasteiger partial charge in [0.25, 0.3) is 5.69 Å². The lowest BCUT2D eigenvalue weighted by molar-refractivity contribution is -0.384. The van der Waals surface area contributed by atoms with Gasteiger partial charge in [-0.25, -0.2) is 8.78 Å². The van der Waals surface area contributed by atoms with Gasteiger partial charge in [-0.15, -0.1) is 0 Å². The molecular weight excluding hydrogens is 324 g/mol. The number of ether oxygens (including phenoxy) is 1. The van der Waals surface area contributed by atoms with E-state index in [4.69, 9.17) is 4.74 Å². The van der Waals surface area contributed by atoms with E-state index in [0.29, 0.717) is 11.8 Å². The Labute approximate surface area is 135 Å². The first-order valence-electron chi connectivity index (χ1n) is 6.72. The number of nitro groups is 1. The molecule has 0 saturated heterocycles. The number of rotatable bonds is 6. The number of methoxy groups -OCH3 is 1. The van der Waals surface area contributed by atoms with Gasteiger partial charge in [0.05, 0.1) is 30.0 Å². The van der Waals surface area contributed by atoms with Crippen molar-refractivity contribution < 1.29 is 23.2 Å². The summed E-state index contributed by atoms with van der Waals surface area (Å²) in [5.74, 6) is -1.98. The fourth-order valence-corrected chi connectivity index (χ4v) is 1.91. The van der Waals surface area contributed by atoms with Crippen molar-refractivity contribution in [3.63, 3.8) is 0 Å². The van der Waals surface area contributed by atoms with E-state index in [-0.39, 0.29) is 23.6 Å². The molecule has 24 heavy (non-hydrogen) atoms. The molecule has 0 heterocycles. The predicted octanol–water partition coefficient (Wildman–Crippen LogP) is 2.93. The van der Waals surface area contributed by atoms with E-state index in [1.807, 2.05) is 0 Å². The number of nitrogens with zero attached hydrogens (tertiary/aromatic N) is 1. The number of carbonyl (C=O) groups excluding carboxylic acids is 1. The van der Waals surface area contributed by atoms with Crippen LogP contribution in [0.15, 0.2) is 36.4 Å². The number of hydrogen-bond acceptors (Lipinski definition) is 5. The van der Waals surface area contributed by atoms with Crippen LogP contribution in [0.3, 0.4) is 0 Å². The molecule has 9 heteroatoms. The summed E-state index contributed by atoms with van der Waals surface area (Å²) >= 11 is 0. The quantitative estimate of drug-likeness (QED) is 0.624. The molecule has 0 fully saturated rings. The van der Waals surface area contributed by atoms with E-state index >= 15 is 0 Å². The minimum absolute atomic E-state index is 0.172. The second-order valence-electron chi connectivity index (χ2n) is 4.67.